The smallest absolute Gasteiger partial charge is 0.246 e. The summed E-state index contributed by atoms with van der Waals surface area (Å²) in [5.74, 6) is 0.144. The van der Waals surface area contributed by atoms with E-state index in [0.717, 1.165) is 4.31 Å². The Balaban J connectivity index is 2.12. The van der Waals surface area contributed by atoms with Gasteiger partial charge < -0.3 is 10.1 Å². The zero-order chi connectivity index (χ0) is 18.6. The number of hydrogen-bond donors (Lipinski definition) is 1. The molecule has 0 aliphatic carbocycles. The standard InChI is InChI=1S/C16H16Cl2N2O4S/c1-20(25(22,23)16-13(17)4-3-5-14(16)18)10-15(21)19-11-6-8-12(24-2)9-7-11/h3-9H,10H2,1-2H3,(H,19,21). The van der Waals surface area contributed by atoms with E-state index < -0.39 is 22.5 Å². The third kappa shape index (κ3) is 4.64. The molecule has 0 aromatic heterocycles. The van der Waals surface area contributed by atoms with E-state index in [1.807, 2.05) is 0 Å². The zero-order valence-corrected chi connectivity index (χ0v) is 15.8. The number of ether oxygens (including phenoxy) is 1. The summed E-state index contributed by atoms with van der Waals surface area (Å²) in [4.78, 5) is 11.9. The molecule has 9 heteroatoms. The third-order valence-corrected chi connectivity index (χ3v) is 6.09. The highest BCUT2D eigenvalue weighted by atomic mass is 35.5. The van der Waals surface area contributed by atoms with Crippen molar-refractivity contribution >= 4 is 44.8 Å². The molecule has 1 amide bonds. The Morgan fingerprint density at radius 2 is 1.68 bits per heavy atom. The van der Waals surface area contributed by atoms with Crippen LogP contribution in [0.15, 0.2) is 47.4 Å². The Bertz CT molecular complexity index is 850. The van der Waals surface area contributed by atoms with Crippen LogP contribution in [-0.2, 0) is 14.8 Å². The van der Waals surface area contributed by atoms with Gasteiger partial charge in [-0.1, -0.05) is 29.3 Å². The normalized spacial score (nSPS) is 11.4. The van der Waals surface area contributed by atoms with E-state index in [4.69, 9.17) is 27.9 Å². The predicted molar refractivity (Wildman–Crippen MR) is 97.9 cm³/mol. The summed E-state index contributed by atoms with van der Waals surface area (Å²) in [6, 6.07) is 11.0. The summed E-state index contributed by atoms with van der Waals surface area (Å²) in [6.45, 7) is -0.393. The van der Waals surface area contributed by atoms with Crippen molar-refractivity contribution < 1.29 is 17.9 Å². The van der Waals surface area contributed by atoms with Gasteiger partial charge in [0.25, 0.3) is 0 Å². The molecule has 2 rings (SSSR count). The first-order valence-corrected chi connectivity index (χ1v) is 9.29. The number of anilines is 1. The Hall–Kier alpha value is -1.80. The van der Waals surface area contributed by atoms with Crippen LogP contribution in [0, 0.1) is 0 Å². The first-order chi connectivity index (χ1) is 11.8. The third-order valence-electron chi connectivity index (χ3n) is 3.33. The number of sulfonamides is 1. The molecule has 0 saturated carbocycles. The lowest BCUT2D eigenvalue weighted by molar-refractivity contribution is -0.116. The summed E-state index contributed by atoms with van der Waals surface area (Å²) in [7, 11) is -1.19. The van der Waals surface area contributed by atoms with Gasteiger partial charge in [0, 0.05) is 12.7 Å². The molecule has 0 aliphatic heterocycles. The fraction of sp³-hybridized carbons (Fsp3) is 0.188. The van der Waals surface area contributed by atoms with Gasteiger partial charge in [-0.05, 0) is 36.4 Å². The van der Waals surface area contributed by atoms with Crippen LogP contribution in [-0.4, -0.2) is 39.3 Å². The molecule has 0 unspecified atom stereocenters. The van der Waals surface area contributed by atoms with Gasteiger partial charge in [0.05, 0.1) is 23.7 Å². The number of nitrogens with zero attached hydrogens (tertiary/aromatic N) is 1. The summed E-state index contributed by atoms with van der Waals surface area (Å²) >= 11 is 11.9. The number of likely N-dealkylation sites (N-methyl/N-ethyl adjacent to an activating group) is 1. The van der Waals surface area contributed by atoms with Gasteiger partial charge in [0.2, 0.25) is 15.9 Å². The lowest BCUT2D eigenvalue weighted by atomic mass is 10.3. The number of halogens is 2. The lowest BCUT2D eigenvalue weighted by Gasteiger charge is -2.18. The molecule has 25 heavy (non-hydrogen) atoms. The van der Waals surface area contributed by atoms with E-state index in [-0.39, 0.29) is 14.9 Å². The van der Waals surface area contributed by atoms with Crippen molar-refractivity contribution in [3.05, 3.63) is 52.5 Å². The van der Waals surface area contributed by atoms with E-state index in [2.05, 4.69) is 5.32 Å². The molecule has 6 nitrogen and oxygen atoms in total. The molecule has 134 valence electrons. The highest BCUT2D eigenvalue weighted by molar-refractivity contribution is 7.89. The average molecular weight is 403 g/mol. The maximum Gasteiger partial charge on any atom is 0.246 e. The fourth-order valence-corrected chi connectivity index (χ4v) is 4.26. The highest BCUT2D eigenvalue weighted by Gasteiger charge is 2.27. The van der Waals surface area contributed by atoms with E-state index in [9.17, 15) is 13.2 Å². The number of hydrogen-bond acceptors (Lipinski definition) is 4. The second kappa shape index (κ2) is 8.05. The van der Waals surface area contributed by atoms with Gasteiger partial charge in [-0.25, -0.2) is 8.42 Å². The molecule has 2 aromatic carbocycles. The predicted octanol–water partition coefficient (Wildman–Crippen LogP) is 3.26. The maximum atomic E-state index is 12.6. The lowest BCUT2D eigenvalue weighted by Crippen LogP contribution is -2.35. The average Bonchev–Trinajstić information content (AvgIpc) is 2.55. The number of carbonyl (C=O) groups excluding carboxylic acids is 1. The Morgan fingerprint density at radius 1 is 1.12 bits per heavy atom. The minimum atomic E-state index is -4.01. The molecule has 0 heterocycles. The molecule has 0 atom stereocenters. The van der Waals surface area contributed by atoms with Crippen molar-refractivity contribution in [2.75, 3.05) is 26.0 Å². The van der Waals surface area contributed by atoms with Gasteiger partial charge in [-0.3, -0.25) is 4.79 Å². The second-order valence-electron chi connectivity index (χ2n) is 5.09. The number of methoxy groups -OCH3 is 1. The van der Waals surface area contributed by atoms with Crippen molar-refractivity contribution in [1.82, 2.24) is 4.31 Å². The molecule has 0 bridgehead atoms. The van der Waals surface area contributed by atoms with Crippen LogP contribution in [0.1, 0.15) is 0 Å². The molecule has 2 aromatic rings. The first-order valence-electron chi connectivity index (χ1n) is 7.10. The number of nitrogens with one attached hydrogen (secondary N) is 1. The van der Waals surface area contributed by atoms with Crippen LogP contribution in [0.2, 0.25) is 10.0 Å². The molecule has 0 radical (unpaired) electrons. The number of rotatable bonds is 6. The Kier molecular flexibility index (Phi) is 6.29. The maximum absolute atomic E-state index is 12.6. The van der Waals surface area contributed by atoms with E-state index in [1.54, 1.807) is 30.3 Å². The molecule has 1 N–H and O–H groups in total. The Morgan fingerprint density at radius 3 is 2.20 bits per heavy atom. The highest BCUT2D eigenvalue weighted by Crippen LogP contribution is 2.30. The summed E-state index contributed by atoms with van der Waals surface area (Å²) in [6.07, 6.45) is 0. The summed E-state index contributed by atoms with van der Waals surface area (Å²) in [5, 5.41) is 2.60. The van der Waals surface area contributed by atoms with E-state index in [1.165, 1.54) is 26.3 Å². The topological polar surface area (TPSA) is 75.7 Å². The number of amides is 1. The molecule has 0 saturated heterocycles. The van der Waals surface area contributed by atoms with Crippen LogP contribution in [0.3, 0.4) is 0 Å². The van der Waals surface area contributed by atoms with Crippen molar-refractivity contribution in [2.24, 2.45) is 0 Å². The largest absolute Gasteiger partial charge is 0.497 e. The van der Waals surface area contributed by atoms with E-state index >= 15 is 0 Å². The van der Waals surface area contributed by atoms with Crippen LogP contribution < -0.4 is 10.1 Å². The monoisotopic (exact) mass is 402 g/mol. The second-order valence-corrected chi connectivity index (χ2v) is 7.88. The van der Waals surface area contributed by atoms with Gasteiger partial charge in [0.15, 0.2) is 0 Å². The van der Waals surface area contributed by atoms with Gasteiger partial charge >= 0.3 is 0 Å². The van der Waals surface area contributed by atoms with Crippen molar-refractivity contribution in [3.63, 3.8) is 0 Å². The molecule has 0 aliphatic rings. The van der Waals surface area contributed by atoms with Crippen molar-refractivity contribution in [1.29, 1.82) is 0 Å². The van der Waals surface area contributed by atoms with Crippen molar-refractivity contribution in [3.8, 4) is 5.75 Å². The molecule has 0 fully saturated rings. The van der Waals surface area contributed by atoms with Gasteiger partial charge in [0.1, 0.15) is 10.6 Å². The van der Waals surface area contributed by atoms with Crippen LogP contribution in [0.25, 0.3) is 0 Å². The quantitative estimate of drug-likeness (QED) is 0.804. The summed E-state index contributed by atoms with van der Waals surface area (Å²) < 4.78 is 31.1. The van der Waals surface area contributed by atoms with Crippen LogP contribution in [0.4, 0.5) is 5.69 Å². The zero-order valence-electron chi connectivity index (χ0n) is 13.5. The first kappa shape index (κ1) is 19.5. The number of benzene rings is 2. The minimum absolute atomic E-state index is 0.00471. The SMILES string of the molecule is COc1ccc(NC(=O)CN(C)S(=O)(=O)c2c(Cl)cccc2Cl)cc1. The van der Waals surface area contributed by atoms with Crippen LogP contribution in [0.5, 0.6) is 5.75 Å². The molecule has 0 spiro atoms. The molecular formula is C16H16Cl2N2O4S. The minimum Gasteiger partial charge on any atom is -0.497 e. The number of carbonyl (C=O) groups is 1. The van der Waals surface area contributed by atoms with E-state index in [0.29, 0.717) is 11.4 Å². The van der Waals surface area contributed by atoms with Gasteiger partial charge in [-0.15, -0.1) is 0 Å². The van der Waals surface area contributed by atoms with Crippen molar-refractivity contribution in [2.45, 2.75) is 4.90 Å². The summed E-state index contributed by atoms with van der Waals surface area (Å²) in [5.41, 5.74) is 0.521. The van der Waals surface area contributed by atoms with Crippen LogP contribution >= 0.6 is 23.2 Å². The molecular weight excluding hydrogens is 387 g/mol. The van der Waals surface area contributed by atoms with Gasteiger partial charge in [-0.2, -0.15) is 4.31 Å². The fourth-order valence-electron chi connectivity index (χ4n) is 2.05. The Labute approximate surface area is 156 Å².